The van der Waals surface area contributed by atoms with Crippen LogP contribution in [0.3, 0.4) is 0 Å². The Kier molecular flexibility index (Phi) is 3.55. The quantitative estimate of drug-likeness (QED) is 0.785. The third-order valence-corrected chi connectivity index (χ3v) is 3.01. The van der Waals surface area contributed by atoms with Crippen LogP contribution in [0.15, 0.2) is 24.3 Å². The lowest BCUT2D eigenvalue weighted by Crippen LogP contribution is -2.31. The molecule has 1 heterocycles. The molecule has 1 unspecified atom stereocenters. The molecule has 1 aromatic heterocycles. The largest absolute Gasteiger partial charge is 0.481 e. The number of hydrogen-bond acceptors (Lipinski definition) is 2. The van der Waals surface area contributed by atoms with Crippen molar-refractivity contribution in [1.82, 2.24) is 10.3 Å². The van der Waals surface area contributed by atoms with Crippen molar-refractivity contribution < 1.29 is 14.7 Å². The second-order valence-electron chi connectivity index (χ2n) is 4.72. The van der Waals surface area contributed by atoms with Gasteiger partial charge in [0.25, 0.3) is 5.91 Å². The Morgan fingerprint density at radius 3 is 2.79 bits per heavy atom. The molecule has 0 spiro atoms. The van der Waals surface area contributed by atoms with Crippen molar-refractivity contribution in [1.29, 1.82) is 0 Å². The topological polar surface area (TPSA) is 82.2 Å². The molecule has 2 rings (SSSR count). The van der Waals surface area contributed by atoms with Crippen LogP contribution in [0, 0.1) is 12.8 Å². The van der Waals surface area contributed by atoms with E-state index in [4.69, 9.17) is 5.11 Å². The number of aromatic amines is 1. The molecule has 100 valence electrons. The molecule has 0 fully saturated rings. The van der Waals surface area contributed by atoms with Gasteiger partial charge in [0.05, 0.1) is 5.92 Å². The van der Waals surface area contributed by atoms with Gasteiger partial charge in [0.2, 0.25) is 0 Å². The summed E-state index contributed by atoms with van der Waals surface area (Å²) < 4.78 is 0. The zero-order valence-corrected chi connectivity index (χ0v) is 10.9. The molecule has 5 nitrogen and oxygen atoms in total. The summed E-state index contributed by atoms with van der Waals surface area (Å²) in [5, 5.41) is 12.3. The average Bonchev–Trinajstić information content (AvgIpc) is 2.78. The van der Waals surface area contributed by atoms with E-state index in [-0.39, 0.29) is 12.5 Å². The number of carbonyl (C=O) groups is 2. The molecule has 0 saturated carbocycles. The molecule has 0 aliphatic heterocycles. The number of H-pyrrole nitrogens is 1. The lowest BCUT2D eigenvalue weighted by molar-refractivity contribution is -0.140. The zero-order valence-electron chi connectivity index (χ0n) is 10.9. The second-order valence-corrected chi connectivity index (χ2v) is 4.72. The molecule has 0 aliphatic carbocycles. The summed E-state index contributed by atoms with van der Waals surface area (Å²) in [7, 11) is 0. The highest BCUT2D eigenvalue weighted by Crippen LogP contribution is 2.16. The van der Waals surface area contributed by atoms with E-state index < -0.39 is 11.9 Å². The number of rotatable bonds is 4. The number of aromatic nitrogens is 1. The smallest absolute Gasteiger partial charge is 0.308 e. The summed E-state index contributed by atoms with van der Waals surface area (Å²) in [6.45, 7) is 3.65. The molecule has 5 heteroatoms. The summed E-state index contributed by atoms with van der Waals surface area (Å²) in [6.07, 6.45) is 0. The van der Waals surface area contributed by atoms with Crippen LogP contribution in [0.2, 0.25) is 0 Å². The van der Waals surface area contributed by atoms with Crippen molar-refractivity contribution in [2.24, 2.45) is 5.92 Å². The number of hydrogen-bond donors (Lipinski definition) is 3. The number of aliphatic carboxylic acids is 1. The maximum Gasteiger partial charge on any atom is 0.308 e. The Morgan fingerprint density at radius 2 is 2.11 bits per heavy atom. The standard InChI is InChI=1S/C14H16N2O3/c1-8-3-4-11-10(5-8)6-12(16-11)13(17)15-7-9(2)14(18)19/h3-6,9,16H,7H2,1-2H3,(H,15,17)(H,18,19). The van der Waals surface area contributed by atoms with Gasteiger partial charge in [-0.25, -0.2) is 0 Å². The second kappa shape index (κ2) is 5.14. The van der Waals surface area contributed by atoms with Crippen molar-refractivity contribution in [3.63, 3.8) is 0 Å². The van der Waals surface area contributed by atoms with E-state index in [2.05, 4.69) is 10.3 Å². The van der Waals surface area contributed by atoms with Crippen molar-refractivity contribution in [3.8, 4) is 0 Å². The molecule has 1 amide bonds. The van der Waals surface area contributed by atoms with Gasteiger partial charge in [0.1, 0.15) is 5.69 Å². The fourth-order valence-electron chi connectivity index (χ4n) is 1.80. The van der Waals surface area contributed by atoms with E-state index in [1.807, 2.05) is 25.1 Å². The number of carboxylic acids is 1. The number of carboxylic acid groups (broad SMARTS) is 1. The lowest BCUT2D eigenvalue weighted by Gasteiger charge is -2.06. The van der Waals surface area contributed by atoms with E-state index in [9.17, 15) is 9.59 Å². The number of fused-ring (bicyclic) bond motifs is 1. The van der Waals surface area contributed by atoms with Gasteiger partial charge in [-0.3, -0.25) is 9.59 Å². The normalized spacial score (nSPS) is 12.3. The predicted molar refractivity (Wildman–Crippen MR) is 72.2 cm³/mol. The van der Waals surface area contributed by atoms with Crippen LogP contribution in [0.4, 0.5) is 0 Å². The fraction of sp³-hybridized carbons (Fsp3) is 0.286. The van der Waals surface area contributed by atoms with Gasteiger partial charge in [-0.1, -0.05) is 18.6 Å². The summed E-state index contributed by atoms with van der Waals surface area (Å²) in [4.78, 5) is 25.6. The molecule has 0 radical (unpaired) electrons. The molecule has 3 N–H and O–H groups in total. The third kappa shape index (κ3) is 2.93. The third-order valence-electron chi connectivity index (χ3n) is 3.01. The molecule has 0 aliphatic rings. The molecular formula is C14H16N2O3. The van der Waals surface area contributed by atoms with E-state index in [0.29, 0.717) is 5.69 Å². The minimum Gasteiger partial charge on any atom is -0.481 e. The van der Waals surface area contributed by atoms with Crippen molar-refractivity contribution >= 4 is 22.8 Å². The molecule has 1 aromatic carbocycles. The van der Waals surface area contributed by atoms with Crippen LogP contribution in [0.5, 0.6) is 0 Å². The Hall–Kier alpha value is -2.30. The van der Waals surface area contributed by atoms with E-state index in [1.165, 1.54) is 0 Å². The minimum absolute atomic E-state index is 0.114. The van der Waals surface area contributed by atoms with Crippen LogP contribution in [0.1, 0.15) is 23.0 Å². The first kappa shape index (κ1) is 13.1. The minimum atomic E-state index is -0.924. The number of amides is 1. The van der Waals surface area contributed by atoms with Crippen molar-refractivity contribution in [2.45, 2.75) is 13.8 Å². The van der Waals surface area contributed by atoms with Gasteiger partial charge in [-0.2, -0.15) is 0 Å². The van der Waals surface area contributed by atoms with E-state index >= 15 is 0 Å². The maximum absolute atomic E-state index is 11.9. The molecular weight excluding hydrogens is 244 g/mol. The number of carbonyl (C=O) groups excluding carboxylic acids is 1. The Labute approximate surface area is 110 Å². The van der Waals surface area contributed by atoms with E-state index in [1.54, 1.807) is 13.0 Å². The maximum atomic E-state index is 11.9. The van der Waals surface area contributed by atoms with Crippen LogP contribution in [-0.2, 0) is 4.79 Å². The highest BCUT2D eigenvalue weighted by atomic mass is 16.4. The Balaban J connectivity index is 2.11. The van der Waals surface area contributed by atoms with Crippen LogP contribution >= 0.6 is 0 Å². The van der Waals surface area contributed by atoms with Crippen LogP contribution < -0.4 is 5.32 Å². The number of nitrogens with one attached hydrogen (secondary N) is 2. The molecule has 0 saturated heterocycles. The highest BCUT2D eigenvalue weighted by molar-refractivity contribution is 5.98. The number of aryl methyl sites for hydroxylation is 1. The summed E-state index contributed by atoms with van der Waals surface area (Å²) >= 11 is 0. The predicted octanol–water partition coefficient (Wildman–Crippen LogP) is 1.93. The highest BCUT2D eigenvalue weighted by Gasteiger charge is 2.14. The van der Waals surface area contributed by atoms with Gasteiger partial charge < -0.3 is 15.4 Å². The van der Waals surface area contributed by atoms with Crippen molar-refractivity contribution in [3.05, 3.63) is 35.5 Å². The molecule has 0 bridgehead atoms. The Morgan fingerprint density at radius 1 is 1.37 bits per heavy atom. The van der Waals surface area contributed by atoms with Gasteiger partial charge in [0, 0.05) is 17.4 Å². The summed E-state index contributed by atoms with van der Waals surface area (Å²) in [5.74, 6) is -1.81. The van der Waals surface area contributed by atoms with Crippen LogP contribution in [-0.4, -0.2) is 28.5 Å². The van der Waals surface area contributed by atoms with Gasteiger partial charge in [0.15, 0.2) is 0 Å². The molecule has 19 heavy (non-hydrogen) atoms. The van der Waals surface area contributed by atoms with Gasteiger partial charge in [-0.05, 0) is 25.1 Å². The molecule has 1 atom stereocenters. The van der Waals surface area contributed by atoms with Gasteiger partial charge in [-0.15, -0.1) is 0 Å². The monoisotopic (exact) mass is 260 g/mol. The summed E-state index contributed by atoms with van der Waals surface area (Å²) in [6, 6.07) is 7.64. The first-order valence-corrected chi connectivity index (χ1v) is 6.08. The summed E-state index contributed by atoms with van der Waals surface area (Å²) in [5.41, 5.74) is 2.46. The first-order chi connectivity index (χ1) is 8.97. The number of benzene rings is 1. The van der Waals surface area contributed by atoms with Crippen molar-refractivity contribution in [2.75, 3.05) is 6.54 Å². The average molecular weight is 260 g/mol. The lowest BCUT2D eigenvalue weighted by atomic mass is 10.2. The first-order valence-electron chi connectivity index (χ1n) is 6.08. The Bertz CT molecular complexity index is 631. The SMILES string of the molecule is Cc1ccc2[nH]c(C(=O)NCC(C)C(=O)O)cc2c1. The van der Waals surface area contributed by atoms with Crippen LogP contribution in [0.25, 0.3) is 10.9 Å². The van der Waals surface area contributed by atoms with E-state index in [0.717, 1.165) is 16.5 Å². The zero-order chi connectivity index (χ0) is 14.0. The fourth-order valence-corrected chi connectivity index (χ4v) is 1.80. The molecule has 2 aromatic rings. The van der Waals surface area contributed by atoms with Gasteiger partial charge >= 0.3 is 5.97 Å².